The average Bonchev–Trinajstić information content (AvgIpc) is 1.88. The van der Waals surface area contributed by atoms with Crippen molar-refractivity contribution >= 4 is 8.80 Å². The highest BCUT2D eigenvalue weighted by atomic mass is 28.4. The predicted molar refractivity (Wildman–Crippen MR) is 46.2 cm³/mol. The predicted octanol–water partition coefficient (Wildman–Crippen LogP) is 1.79. The Morgan fingerprint density at radius 2 is 1.73 bits per heavy atom. The lowest BCUT2D eigenvalue weighted by Gasteiger charge is -2.22. The fourth-order valence-electron chi connectivity index (χ4n) is 0.785. The van der Waals surface area contributed by atoms with Crippen LogP contribution in [-0.4, -0.2) is 22.0 Å². The van der Waals surface area contributed by atoms with E-state index in [2.05, 4.69) is 6.58 Å². The van der Waals surface area contributed by atoms with Crippen molar-refractivity contribution < 1.29 is 13.3 Å². The molecule has 0 aromatic rings. The maximum absolute atomic E-state index is 5.33. The smallest absolute Gasteiger partial charge is 0.508 e. The summed E-state index contributed by atoms with van der Waals surface area (Å²) < 4.78 is 15.8. The van der Waals surface area contributed by atoms with Crippen LogP contribution in [0.1, 0.15) is 13.8 Å². The van der Waals surface area contributed by atoms with Gasteiger partial charge in [0.15, 0.2) is 0 Å². The summed E-state index contributed by atoms with van der Waals surface area (Å²) in [6.45, 7) is 10.4. The molecule has 0 aliphatic heterocycles. The van der Waals surface area contributed by atoms with E-state index in [9.17, 15) is 0 Å². The van der Waals surface area contributed by atoms with Crippen LogP contribution in [0.25, 0.3) is 0 Å². The van der Waals surface area contributed by atoms with Gasteiger partial charge >= 0.3 is 8.80 Å². The number of hydrogen-bond acceptors (Lipinski definition) is 3. The molecule has 3 nitrogen and oxygen atoms in total. The molecule has 0 fully saturated rings. The Kier molecular flexibility index (Phi) is 5.19. The molecule has 0 spiro atoms. The molecule has 0 saturated heterocycles. The molecule has 0 heterocycles. The van der Waals surface area contributed by atoms with Gasteiger partial charge in [-0.3, -0.25) is 0 Å². The molecule has 0 bridgehead atoms. The van der Waals surface area contributed by atoms with Crippen LogP contribution >= 0.6 is 0 Å². The summed E-state index contributed by atoms with van der Waals surface area (Å²) in [6.07, 6.45) is 1.37. The first-order valence-electron chi connectivity index (χ1n) is 3.75. The van der Waals surface area contributed by atoms with Crippen LogP contribution in [0.15, 0.2) is 12.8 Å². The molecular formula is C7H16O3Si. The third-order valence-corrected chi connectivity index (χ3v) is 3.33. The Morgan fingerprint density at radius 1 is 1.27 bits per heavy atom. The first kappa shape index (κ1) is 10.7. The highest BCUT2D eigenvalue weighted by Crippen LogP contribution is 2.08. The van der Waals surface area contributed by atoms with Gasteiger partial charge in [-0.1, -0.05) is 6.58 Å². The van der Waals surface area contributed by atoms with Gasteiger partial charge in [0.05, 0.1) is 6.26 Å². The van der Waals surface area contributed by atoms with Crippen LogP contribution in [-0.2, 0) is 13.3 Å². The van der Waals surface area contributed by atoms with Gasteiger partial charge in [-0.15, -0.1) is 0 Å². The Hall–Kier alpha value is -0.323. The third-order valence-electron chi connectivity index (χ3n) is 1.11. The molecule has 0 aromatic carbocycles. The topological polar surface area (TPSA) is 27.7 Å². The van der Waals surface area contributed by atoms with Crippen molar-refractivity contribution in [2.24, 2.45) is 0 Å². The largest absolute Gasteiger partial charge is 0.562 e. The first-order valence-corrected chi connectivity index (χ1v) is 5.97. The average molecular weight is 176 g/mol. The van der Waals surface area contributed by atoms with E-state index in [1.54, 1.807) is 0 Å². The molecule has 0 atom stereocenters. The summed E-state index contributed by atoms with van der Waals surface area (Å²) in [7, 11) is -2.37. The van der Waals surface area contributed by atoms with Crippen molar-refractivity contribution in [3.8, 4) is 0 Å². The van der Waals surface area contributed by atoms with Gasteiger partial charge in [0.2, 0.25) is 0 Å². The molecule has 0 unspecified atom stereocenters. The third kappa shape index (κ3) is 4.18. The Balaban J connectivity index is 3.88. The quantitative estimate of drug-likeness (QED) is 0.456. The molecule has 11 heavy (non-hydrogen) atoms. The fourth-order valence-corrected chi connectivity index (χ4v) is 2.36. The van der Waals surface area contributed by atoms with Gasteiger partial charge in [0.25, 0.3) is 0 Å². The lowest BCUT2D eigenvalue weighted by molar-refractivity contribution is 0.108. The van der Waals surface area contributed by atoms with Crippen LogP contribution in [0, 0.1) is 0 Å². The standard InChI is InChI=1S/C7H16O3Si/c1-5-8-11(4,9-6-2)10-7-3/h5H,1,6-7H2,2-4H3. The van der Waals surface area contributed by atoms with E-state index in [0.717, 1.165) is 0 Å². The van der Waals surface area contributed by atoms with E-state index >= 15 is 0 Å². The second-order valence-electron chi connectivity index (χ2n) is 2.01. The summed E-state index contributed by atoms with van der Waals surface area (Å²) in [4.78, 5) is 0. The number of hydrogen-bond donors (Lipinski definition) is 0. The SMILES string of the molecule is C=CO[Si](C)(OCC)OCC. The van der Waals surface area contributed by atoms with Crippen molar-refractivity contribution in [1.82, 2.24) is 0 Å². The van der Waals surface area contributed by atoms with Crippen molar-refractivity contribution in [2.45, 2.75) is 20.4 Å². The minimum absolute atomic E-state index is 0.608. The monoisotopic (exact) mass is 176 g/mol. The summed E-state index contributed by atoms with van der Waals surface area (Å²) in [5.74, 6) is 0. The molecule has 66 valence electrons. The highest BCUT2D eigenvalue weighted by molar-refractivity contribution is 6.59. The van der Waals surface area contributed by atoms with Crippen molar-refractivity contribution in [3.05, 3.63) is 12.8 Å². The summed E-state index contributed by atoms with van der Waals surface area (Å²) >= 11 is 0. The van der Waals surface area contributed by atoms with E-state index in [1.165, 1.54) is 6.26 Å². The van der Waals surface area contributed by atoms with Gasteiger partial charge in [0, 0.05) is 19.8 Å². The molecule has 0 aromatic heterocycles. The Bertz CT molecular complexity index is 110. The number of rotatable bonds is 6. The molecule has 0 saturated carbocycles. The van der Waals surface area contributed by atoms with Gasteiger partial charge in [-0.2, -0.15) is 0 Å². The molecule has 0 amide bonds. The van der Waals surface area contributed by atoms with Crippen LogP contribution in [0.4, 0.5) is 0 Å². The lowest BCUT2D eigenvalue weighted by Crippen LogP contribution is -2.40. The van der Waals surface area contributed by atoms with Crippen LogP contribution in [0.2, 0.25) is 6.55 Å². The lowest BCUT2D eigenvalue weighted by atomic mass is 10.9. The maximum atomic E-state index is 5.33. The van der Waals surface area contributed by atoms with Crippen molar-refractivity contribution in [2.75, 3.05) is 13.2 Å². The second-order valence-corrected chi connectivity index (χ2v) is 4.55. The van der Waals surface area contributed by atoms with Crippen molar-refractivity contribution in [3.63, 3.8) is 0 Å². The summed E-state index contributed by atoms with van der Waals surface area (Å²) in [5, 5.41) is 0. The normalized spacial score (nSPS) is 11.2. The van der Waals surface area contributed by atoms with E-state index in [-0.39, 0.29) is 0 Å². The van der Waals surface area contributed by atoms with Crippen LogP contribution < -0.4 is 0 Å². The van der Waals surface area contributed by atoms with Crippen LogP contribution in [0.3, 0.4) is 0 Å². The molecule has 0 aliphatic rings. The van der Waals surface area contributed by atoms with Gasteiger partial charge in [-0.25, -0.2) is 0 Å². The van der Waals surface area contributed by atoms with E-state index in [1.807, 2.05) is 20.4 Å². The minimum atomic E-state index is -2.37. The highest BCUT2D eigenvalue weighted by Gasteiger charge is 2.34. The zero-order valence-electron chi connectivity index (χ0n) is 7.42. The van der Waals surface area contributed by atoms with E-state index in [0.29, 0.717) is 13.2 Å². The van der Waals surface area contributed by atoms with E-state index in [4.69, 9.17) is 13.3 Å². The molecule has 0 radical (unpaired) electrons. The Morgan fingerprint density at radius 3 is 2.00 bits per heavy atom. The summed E-state index contributed by atoms with van der Waals surface area (Å²) in [5.41, 5.74) is 0. The second kappa shape index (κ2) is 5.34. The molecule has 0 rings (SSSR count). The molecule has 0 N–H and O–H groups in total. The summed E-state index contributed by atoms with van der Waals surface area (Å²) in [6, 6.07) is 0. The molecule has 4 heteroatoms. The van der Waals surface area contributed by atoms with Gasteiger partial charge in [0.1, 0.15) is 0 Å². The fraction of sp³-hybridized carbons (Fsp3) is 0.714. The zero-order chi connectivity index (χ0) is 8.74. The molecule has 0 aliphatic carbocycles. The zero-order valence-corrected chi connectivity index (χ0v) is 8.42. The van der Waals surface area contributed by atoms with E-state index < -0.39 is 8.80 Å². The van der Waals surface area contributed by atoms with Gasteiger partial charge < -0.3 is 13.3 Å². The van der Waals surface area contributed by atoms with Gasteiger partial charge in [-0.05, 0) is 13.8 Å². The van der Waals surface area contributed by atoms with Crippen LogP contribution in [0.5, 0.6) is 0 Å². The van der Waals surface area contributed by atoms with Crippen molar-refractivity contribution in [1.29, 1.82) is 0 Å². The minimum Gasteiger partial charge on any atom is -0.508 e. The first-order chi connectivity index (χ1) is 5.18. The molecular weight excluding hydrogens is 160 g/mol. The maximum Gasteiger partial charge on any atom is 0.562 e. The Labute approximate surface area is 69.3 Å².